The highest BCUT2D eigenvalue weighted by Gasteiger charge is 2.17. The highest BCUT2D eigenvalue weighted by Crippen LogP contribution is 2.26. The largest absolute Gasteiger partial charge is 0.122 e. The topological polar surface area (TPSA) is 0 Å². The molecular weight excluding hydrogens is 144 g/mol. The Morgan fingerprint density at radius 2 is 2.10 bits per heavy atom. The van der Waals surface area contributed by atoms with Crippen LogP contribution >= 0.6 is 11.6 Å². The van der Waals surface area contributed by atoms with Gasteiger partial charge in [0, 0.05) is 11.8 Å². The van der Waals surface area contributed by atoms with Gasteiger partial charge in [-0.2, -0.15) is 0 Å². The molecule has 0 spiro atoms. The Morgan fingerprint density at radius 1 is 1.30 bits per heavy atom. The molecule has 0 bridgehead atoms. The van der Waals surface area contributed by atoms with Crippen molar-refractivity contribution in [1.29, 1.82) is 0 Å². The zero-order valence-corrected chi connectivity index (χ0v) is 6.31. The minimum Gasteiger partial charge on any atom is -0.122 e. The molecular formula is C9H8Cl. The van der Waals surface area contributed by atoms with Gasteiger partial charge >= 0.3 is 0 Å². The molecule has 0 aliphatic heterocycles. The first-order chi connectivity index (χ1) is 4.86. The lowest BCUT2D eigenvalue weighted by atomic mass is 10.1. The molecule has 0 saturated carbocycles. The summed E-state index contributed by atoms with van der Waals surface area (Å²) in [6, 6.07) is 8.35. The van der Waals surface area contributed by atoms with Crippen LogP contribution in [0.3, 0.4) is 0 Å². The van der Waals surface area contributed by atoms with Crippen molar-refractivity contribution in [2.75, 3.05) is 0 Å². The molecule has 1 aliphatic carbocycles. The molecule has 0 amide bonds. The lowest BCUT2D eigenvalue weighted by molar-refractivity contribution is 1.04. The molecule has 1 unspecified atom stereocenters. The number of halogens is 1. The van der Waals surface area contributed by atoms with Crippen LogP contribution in [0.5, 0.6) is 0 Å². The van der Waals surface area contributed by atoms with Crippen LogP contribution in [0.15, 0.2) is 24.3 Å². The molecule has 0 aromatic heterocycles. The molecule has 2 rings (SSSR count). The highest BCUT2D eigenvalue weighted by atomic mass is 35.5. The zero-order chi connectivity index (χ0) is 6.97. The summed E-state index contributed by atoms with van der Waals surface area (Å²) in [6.45, 7) is 0. The standard InChI is InChI=1S/C9H8Cl/c10-9-5-7-3-1-2-4-8(7)6-9/h1-5,9H,6H2. The molecule has 0 fully saturated rings. The van der Waals surface area contributed by atoms with E-state index in [1.807, 2.05) is 6.07 Å². The number of alkyl halides is 1. The maximum absolute atomic E-state index is 5.92. The zero-order valence-electron chi connectivity index (χ0n) is 5.55. The maximum atomic E-state index is 5.92. The molecule has 0 heterocycles. The molecule has 51 valence electrons. The van der Waals surface area contributed by atoms with E-state index in [4.69, 9.17) is 11.6 Å². The predicted octanol–water partition coefficient (Wildman–Crippen LogP) is 2.40. The average molecular weight is 152 g/mol. The first-order valence-electron chi connectivity index (χ1n) is 3.43. The van der Waals surface area contributed by atoms with Gasteiger partial charge in [0.2, 0.25) is 0 Å². The fourth-order valence-corrected chi connectivity index (χ4v) is 1.65. The Hall–Kier alpha value is -0.490. The van der Waals surface area contributed by atoms with Crippen molar-refractivity contribution in [2.24, 2.45) is 0 Å². The highest BCUT2D eigenvalue weighted by molar-refractivity contribution is 6.22. The fraction of sp³-hybridized carbons (Fsp3) is 0.222. The normalized spacial score (nSPS) is 17.3. The van der Waals surface area contributed by atoms with Gasteiger partial charge in [-0.25, -0.2) is 0 Å². The van der Waals surface area contributed by atoms with Crippen LogP contribution in [0.4, 0.5) is 0 Å². The van der Waals surface area contributed by atoms with Gasteiger partial charge in [0.25, 0.3) is 0 Å². The summed E-state index contributed by atoms with van der Waals surface area (Å²) in [5.41, 5.74) is 2.69. The predicted molar refractivity (Wildman–Crippen MR) is 43.2 cm³/mol. The quantitative estimate of drug-likeness (QED) is 0.500. The molecule has 1 aliphatic rings. The summed E-state index contributed by atoms with van der Waals surface area (Å²) in [7, 11) is 0. The number of hydrogen-bond donors (Lipinski definition) is 0. The number of rotatable bonds is 0. The molecule has 10 heavy (non-hydrogen) atoms. The first kappa shape index (κ1) is 6.23. The molecule has 1 heteroatoms. The SMILES string of the molecule is ClC1[CH]c2ccccc2C1. The van der Waals surface area contributed by atoms with Gasteiger partial charge in [0.05, 0.1) is 0 Å². The van der Waals surface area contributed by atoms with Crippen molar-refractivity contribution in [3.8, 4) is 0 Å². The van der Waals surface area contributed by atoms with Crippen molar-refractivity contribution in [3.05, 3.63) is 41.8 Å². The van der Waals surface area contributed by atoms with Crippen LogP contribution in [0.1, 0.15) is 11.1 Å². The molecule has 0 saturated heterocycles. The molecule has 1 atom stereocenters. The van der Waals surface area contributed by atoms with E-state index in [1.165, 1.54) is 11.1 Å². The van der Waals surface area contributed by atoms with Crippen molar-refractivity contribution < 1.29 is 0 Å². The molecule has 1 radical (unpaired) electrons. The fourth-order valence-electron chi connectivity index (χ4n) is 1.35. The van der Waals surface area contributed by atoms with Gasteiger partial charge in [-0.05, 0) is 17.5 Å². The van der Waals surface area contributed by atoms with Crippen molar-refractivity contribution in [2.45, 2.75) is 11.8 Å². The van der Waals surface area contributed by atoms with Gasteiger partial charge in [-0.3, -0.25) is 0 Å². The Balaban J connectivity index is 2.42. The van der Waals surface area contributed by atoms with Crippen LogP contribution in [0.2, 0.25) is 0 Å². The monoisotopic (exact) mass is 151 g/mol. The van der Waals surface area contributed by atoms with Crippen LogP contribution in [-0.4, -0.2) is 5.38 Å². The lowest BCUT2D eigenvalue weighted by Gasteiger charge is -1.92. The number of fused-ring (bicyclic) bond motifs is 1. The van der Waals surface area contributed by atoms with E-state index in [9.17, 15) is 0 Å². The molecule has 0 N–H and O–H groups in total. The van der Waals surface area contributed by atoms with Crippen molar-refractivity contribution in [1.82, 2.24) is 0 Å². The Morgan fingerprint density at radius 3 is 2.90 bits per heavy atom. The molecule has 0 nitrogen and oxygen atoms in total. The van der Waals surface area contributed by atoms with Crippen LogP contribution in [0, 0.1) is 6.42 Å². The van der Waals surface area contributed by atoms with E-state index in [-0.39, 0.29) is 5.38 Å². The van der Waals surface area contributed by atoms with E-state index < -0.39 is 0 Å². The van der Waals surface area contributed by atoms with Crippen LogP contribution in [-0.2, 0) is 6.42 Å². The number of benzene rings is 1. The van der Waals surface area contributed by atoms with Crippen LogP contribution in [0.25, 0.3) is 0 Å². The summed E-state index contributed by atoms with van der Waals surface area (Å²) in [5.74, 6) is 0. The summed E-state index contributed by atoms with van der Waals surface area (Å²) >= 11 is 5.92. The summed E-state index contributed by atoms with van der Waals surface area (Å²) < 4.78 is 0. The van der Waals surface area contributed by atoms with E-state index in [0.717, 1.165) is 6.42 Å². The van der Waals surface area contributed by atoms with E-state index >= 15 is 0 Å². The maximum Gasteiger partial charge on any atom is 0.0451 e. The smallest absolute Gasteiger partial charge is 0.0451 e. The van der Waals surface area contributed by atoms with E-state index in [1.54, 1.807) is 0 Å². The Kier molecular flexibility index (Phi) is 1.42. The third-order valence-corrected chi connectivity index (χ3v) is 2.11. The van der Waals surface area contributed by atoms with Gasteiger partial charge in [-0.1, -0.05) is 24.3 Å². The Labute approximate surface area is 65.8 Å². The average Bonchev–Trinajstić information content (AvgIpc) is 2.27. The summed E-state index contributed by atoms with van der Waals surface area (Å²) in [5, 5.41) is 0.220. The third-order valence-electron chi connectivity index (χ3n) is 1.83. The van der Waals surface area contributed by atoms with Crippen molar-refractivity contribution >= 4 is 11.6 Å². The second-order valence-corrected chi connectivity index (χ2v) is 3.15. The van der Waals surface area contributed by atoms with E-state index in [2.05, 4.69) is 24.6 Å². The second kappa shape index (κ2) is 2.28. The Bertz CT molecular complexity index is 217. The van der Waals surface area contributed by atoms with E-state index in [0.29, 0.717) is 0 Å². The summed E-state index contributed by atoms with van der Waals surface area (Å²) in [4.78, 5) is 0. The summed E-state index contributed by atoms with van der Waals surface area (Å²) in [6.07, 6.45) is 3.11. The van der Waals surface area contributed by atoms with Crippen LogP contribution < -0.4 is 0 Å². The lowest BCUT2D eigenvalue weighted by Crippen LogP contribution is -1.91. The van der Waals surface area contributed by atoms with Gasteiger partial charge < -0.3 is 0 Å². The minimum atomic E-state index is 0.220. The number of hydrogen-bond acceptors (Lipinski definition) is 0. The molecule has 1 aromatic rings. The minimum absolute atomic E-state index is 0.220. The second-order valence-electron chi connectivity index (χ2n) is 2.59. The van der Waals surface area contributed by atoms with Gasteiger partial charge in [0.1, 0.15) is 0 Å². The molecule has 1 aromatic carbocycles. The van der Waals surface area contributed by atoms with Gasteiger partial charge in [0.15, 0.2) is 0 Å². The van der Waals surface area contributed by atoms with Gasteiger partial charge in [-0.15, -0.1) is 11.6 Å². The first-order valence-corrected chi connectivity index (χ1v) is 3.87. The third kappa shape index (κ3) is 0.929. The van der Waals surface area contributed by atoms with Crippen molar-refractivity contribution in [3.63, 3.8) is 0 Å².